The first-order chi connectivity index (χ1) is 11.8. The molecule has 2 heterocycles. The molecule has 1 aromatic heterocycles. The molecule has 24 heavy (non-hydrogen) atoms. The number of carbonyl (C=O) groups excluding carboxylic acids is 1. The van der Waals surface area contributed by atoms with Gasteiger partial charge in [-0.3, -0.25) is 4.79 Å². The average molecular weight is 324 g/mol. The maximum absolute atomic E-state index is 12.4. The largest absolute Gasteiger partial charge is 0.478 e. The summed E-state index contributed by atoms with van der Waals surface area (Å²) in [6.45, 7) is 3.99. The smallest absolute Gasteiger partial charge is 0.222 e. The van der Waals surface area contributed by atoms with E-state index in [0.29, 0.717) is 25.5 Å². The molecule has 4 nitrogen and oxygen atoms in total. The second-order valence-corrected chi connectivity index (χ2v) is 6.09. The van der Waals surface area contributed by atoms with Gasteiger partial charge in [-0.15, -0.1) is 0 Å². The predicted molar refractivity (Wildman–Crippen MR) is 93.9 cm³/mol. The Morgan fingerprint density at radius 1 is 1.21 bits per heavy atom. The molecule has 1 aliphatic heterocycles. The molecule has 4 heteroatoms. The number of amides is 1. The van der Waals surface area contributed by atoms with Gasteiger partial charge in [0.1, 0.15) is 0 Å². The Balaban J connectivity index is 1.52. The highest BCUT2D eigenvalue weighted by Gasteiger charge is 2.21. The fraction of sp³-hybridized carbons (Fsp3) is 0.400. The summed E-state index contributed by atoms with van der Waals surface area (Å²) in [5.74, 6) is 0.921. The van der Waals surface area contributed by atoms with Crippen LogP contribution in [0.4, 0.5) is 0 Å². The van der Waals surface area contributed by atoms with Gasteiger partial charge in [0.05, 0.1) is 12.3 Å². The Labute approximate surface area is 143 Å². The second kappa shape index (κ2) is 7.95. The lowest BCUT2D eigenvalue weighted by atomic mass is 10.0. The van der Waals surface area contributed by atoms with Crippen molar-refractivity contribution in [2.45, 2.75) is 39.2 Å². The maximum atomic E-state index is 12.4. The minimum Gasteiger partial charge on any atom is -0.478 e. The third-order valence-corrected chi connectivity index (χ3v) is 4.37. The highest BCUT2D eigenvalue weighted by Crippen LogP contribution is 2.21. The van der Waals surface area contributed by atoms with Crippen LogP contribution in [0.2, 0.25) is 0 Å². The van der Waals surface area contributed by atoms with Gasteiger partial charge in [-0.2, -0.15) is 0 Å². The third kappa shape index (κ3) is 4.13. The van der Waals surface area contributed by atoms with Crippen LogP contribution in [0.5, 0.6) is 5.88 Å². The summed E-state index contributed by atoms with van der Waals surface area (Å²) < 4.78 is 5.45. The van der Waals surface area contributed by atoms with Gasteiger partial charge in [0.25, 0.3) is 0 Å². The van der Waals surface area contributed by atoms with Crippen LogP contribution in [-0.2, 0) is 24.2 Å². The molecule has 0 saturated carbocycles. The molecule has 0 fully saturated rings. The molecule has 0 spiro atoms. The van der Waals surface area contributed by atoms with Crippen molar-refractivity contribution < 1.29 is 9.53 Å². The predicted octanol–water partition coefficient (Wildman–Crippen LogP) is 3.39. The first-order valence-corrected chi connectivity index (χ1v) is 8.69. The van der Waals surface area contributed by atoms with Crippen LogP contribution in [-0.4, -0.2) is 28.9 Å². The van der Waals surface area contributed by atoms with Gasteiger partial charge in [0.2, 0.25) is 11.8 Å². The number of benzene rings is 1. The number of pyridine rings is 1. The van der Waals surface area contributed by atoms with Gasteiger partial charge >= 0.3 is 0 Å². The van der Waals surface area contributed by atoms with Gasteiger partial charge in [-0.25, -0.2) is 4.98 Å². The van der Waals surface area contributed by atoms with Gasteiger partial charge in [0, 0.05) is 32.0 Å². The highest BCUT2D eigenvalue weighted by molar-refractivity contribution is 5.76. The van der Waals surface area contributed by atoms with E-state index in [9.17, 15) is 4.79 Å². The van der Waals surface area contributed by atoms with Gasteiger partial charge in [0.15, 0.2) is 0 Å². The molecule has 0 N–H and O–H groups in total. The van der Waals surface area contributed by atoms with Crippen LogP contribution in [0, 0.1) is 0 Å². The van der Waals surface area contributed by atoms with Crippen LogP contribution in [0.1, 0.15) is 36.6 Å². The van der Waals surface area contributed by atoms with E-state index in [2.05, 4.69) is 17.1 Å². The van der Waals surface area contributed by atoms with Crippen molar-refractivity contribution in [1.82, 2.24) is 9.88 Å². The van der Waals surface area contributed by atoms with E-state index in [1.807, 2.05) is 42.2 Å². The molecule has 0 saturated heterocycles. The van der Waals surface area contributed by atoms with E-state index in [4.69, 9.17) is 4.74 Å². The Bertz CT molecular complexity index is 685. The first-order valence-electron chi connectivity index (χ1n) is 8.69. The van der Waals surface area contributed by atoms with Crippen LogP contribution in [0.3, 0.4) is 0 Å². The van der Waals surface area contributed by atoms with E-state index < -0.39 is 0 Å². The number of rotatable bonds is 6. The quantitative estimate of drug-likeness (QED) is 0.818. The van der Waals surface area contributed by atoms with Crippen LogP contribution in [0.15, 0.2) is 42.5 Å². The first kappa shape index (κ1) is 16.5. The van der Waals surface area contributed by atoms with Crippen LogP contribution >= 0.6 is 0 Å². The number of nitrogens with zero attached hydrogens (tertiary/aromatic N) is 2. The topological polar surface area (TPSA) is 42.4 Å². The van der Waals surface area contributed by atoms with E-state index >= 15 is 0 Å². The molecular formula is C20H24N2O2. The van der Waals surface area contributed by atoms with Crippen molar-refractivity contribution in [3.8, 4) is 5.88 Å². The molecule has 1 amide bonds. The standard InChI is InChI=1S/C20H24N2O2/c1-2-24-19-12-11-17-15-22(14-13-18(17)21-19)20(23)10-6-9-16-7-4-3-5-8-16/h3-5,7-8,11-12H,2,6,9-10,13-15H2,1H3. The number of aryl methyl sites for hydroxylation is 1. The summed E-state index contributed by atoms with van der Waals surface area (Å²) in [5, 5.41) is 0. The number of fused-ring (bicyclic) bond motifs is 1. The molecule has 3 rings (SSSR count). The minimum atomic E-state index is 0.241. The van der Waals surface area contributed by atoms with Crippen molar-refractivity contribution in [1.29, 1.82) is 0 Å². The normalized spacial score (nSPS) is 13.5. The van der Waals surface area contributed by atoms with Crippen LogP contribution in [0.25, 0.3) is 0 Å². The Morgan fingerprint density at radius 2 is 2.04 bits per heavy atom. The van der Waals surface area contributed by atoms with Gasteiger partial charge in [-0.05, 0) is 30.9 Å². The minimum absolute atomic E-state index is 0.241. The molecule has 1 aliphatic rings. The highest BCUT2D eigenvalue weighted by atomic mass is 16.5. The molecule has 0 atom stereocenters. The lowest BCUT2D eigenvalue weighted by molar-refractivity contribution is -0.132. The number of aromatic nitrogens is 1. The van der Waals surface area contributed by atoms with Crippen LogP contribution < -0.4 is 4.74 Å². The Hall–Kier alpha value is -2.36. The fourth-order valence-electron chi connectivity index (χ4n) is 3.08. The zero-order chi connectivity index (χ0) is 16.8. The maximum Gasteiger partial charge on any atom is 0.222 e. The van der Waals surface area contributed by atoms with E-state index in [0.717, 1.165) is 37.1 Å². The van der Waals surface area contributed by atoms with Crippen molar-refractivity contribution in [3.63, 3.8) is 0 Å². The zero-order valence-electron chi connectivity index (χ0n) is 14.2. The van der Waals surface area contributed by atoms with E-state index in [-0.39, 0.29) is 5.91 Å². The molecule has 0 radical (unpaired) electrons. The van der Waals surface area contributed by atoms with Crippen molar-refractivity contribution in [2.75, 3.05) is 13.2 Å². The SMILES string of the molecule is CCOc1ccc2c(n1)CCN(C(=O)CCCc1ccccc1)C2. The van der Waals surface area contributed by atoms with E-state index in [1.165, 1.54) is 5.56 Å². The summed E-state index contributed by atoms with van der Waals surface area (Å²) >= 11 is 0. The Kier molecular flexibility index (Phi) is 5.47. The fourth-order valence-corrected chi connectivity index (χ4v) is 3.08. The molecule has 0 aliphatic carbocycles. The summed E-state index contributed by atoms with van der Waals surface area (Å²) in [6.07, 6.45) is 3.26. The summed E-state index contributed by atoms with van der Waals surface area (Å²) in [6, 6.07) is 14.3. The van der Waals surface area contributed by atoms with Gasteiger partial charge in [-0.1, -0.05) is 36.4 Å². The third-order valence-electron chi connectivity index (χ3n) is 4.37. The van der Waals surface area contributed by atoms with Gasteiger partial charge < -0.3 is 9.64 Å². The summed E-state index contributed by atoms with van der Waals surface area (Å²) in [5.41, 5.74) is 3.50. The molecule has 2 aromatic rings. The monoisotopic (exact) mass is 324 g/mol. The summed E-state index contributed by atoms with van der Waals surface area (Å²) in [7, 11) is 0. The molecule has 0 unspecified atom stereocenters. The molecule has 126 valence electrons. The number of hydrogen-bond donors (Lipinski definition) is 0. The molecule has 1 aromatic carbocycles. The number of hydrogen-bond acceptors (Lipinski definition) is 3. The van der Waals surface area contributed by atoms with Crippen molar-refractivity contribution >= 4 is 5.91 Å². The molecule has 0 bridgehead atoms. The average Bonchev–Trinajstić information content (AvgIpc) is 2.62. The lowest BCUT2D eigenvalue weighted by Crippen LogP contribution is -2.36. The van der Waals surface area contributed by atoms with E-state index in [1.54, 1.807) is 0 Å². The summed E-state index contributed by atoms with van der Waals surface area (Å²) in [4.78, 5) is 18.9. The number of carbonyl (C=O) groups is 1. The zero-order valence-corrected chi connectivity index (χ0v) is 14.2. The Morgan fingerprint density at radius 3 is 2.83 bits per heavy atom. The van der Waals surface area contributed by atoms with Crippen molar-refractivity contribution in [3.05, 3.63) is 59.3 Å². The lowest BCUT2D eigenvalue weighted by Gasteiger charge is -2.28. The van der Waals surface area contributed by atoms with Crippen molar-refractivity contribution in [2.24, 2.45) is 0 Å². The second-order valence-electron chi connectivity index (χ2n) is 6.09. The molecular weight excluding hydrogens is 300 g/mol. The number of ether oxygens (including phenoxy) is 1.